The molecule has 1 aromatic rings. The molecule has 0 atom stereocenters. The molecule has 0 bridgehead atoms. The normalized spacial score (nSPS) is 15.8. The van der Waals surface area contributed by atoms with Crippen molar-refractivity contribution in [2.45, 2.75) is 78.4 Å². The molecule has 23 heavy (non-hydrogen) atoms. The summed E-state index contributed by atoms with van der Waals surface area (Å²) in [5.41, 5.74) is 4.17. The minimum absolute atomic E-state index is 0.206. The molecule has 0 spiro atoms. The third kappa shape index (κ3) is 4.23. The molecule has 0 saturated carbocycles. The van der Waals surface area contributed by atoms with E-state index in [4.69, 9.17) is 4.74 Å². The molecule has 0 saturated heterocycles. The van der Waals surface area contributed by atoms with Crippen LogP contribution in [0, 0.1) is 11.3 Å². The minimum atomic E-state index is -0.206. The number of aromatic amines is 1. The fourth-order valence-corrected chi connectivity index (χ4v) is 3.10. The van der Waals surface area contributed by atoms with E-state index in [0.717, 1.165) is 56.5 Å². The van der Waals surface area contributed by atoms with Crippen molar-refractivity contribution in [3.05, 3.63) is 22.4 Å². The molecule has 0 amide bonds. The van der Waals surface area contributed by atoms with Crippen molar-refractivity contribution >= 4 is 5.82 Å². The number of hydrogen-bond acceptors (Lipinski definition) is 3. The summed E-state index contributed by atoms with van der Waals surface area (Å²) in [4.78, 5) is 3.50. The lowest BCUT2D eigenvalue weighted by atomic mass is 9.87. The molecule has 0 unspecified atom stereocenters. The molecule has 4 heteroatoms. The number of nitrogens with one attached hydrogen (secondary N) is 2. The van der Waals surface area contributed by atoms with Crippen LogP contribution >= 0.6 is 0 Å². The van der Waals surface area contributed by atoms with Crippen LogP contribution in [0.15, 0.2) is 0 Å². The van der Waals surface area contributed by atoms with Crippen molar-refractivity contribution in [1.29, 1.82) is 5.26 Å². The van der Waals surface area contributed by atoms with E-state index >= 15 is 0 Å². The highest BCUT2D eigenvalue weighted by Crippen LogP contribution is 2.33. The Morgan fingerprint density at radius 1 is 1.22 bits per heavy atom. The predicted octanol–water partition coefficient (Wildman–Crippen LogP) is 3.78. The first-order chi connectivity index (χ1) is 11.0. The Morgan fingerprint density at radius 2 is 1.96 bits per heavy atom. The number of hydrogen-bond donors (Lipinski definition) is 1. The van der Waals surface area contributed by atoms with Crippen molar-refractivity contribution in [2.24, 2.45) is 0 Å². The number of anilines is 1. The molecule has 126 valence electrons. The van der Waals surface area contributed by atoms with Crippen LogP contribution in [0.5, 0.6) is 0 Å². The van der Waals surface area contributed by atoms with Crippen LogP contribution in [0.1, 0.15) is 75.8 Å². The summed E-state index contributed by atoms with van der Waals surface area (Å²) in [7, 11) is 0. The van der Waals surface area contributed by atoms with Gasteiger partial charge in [-0.1, -0.05) is 26.7 Å². The van der Waals surface area contributed by atoms with Gasteiger partial charge in [0, 0.05) is 18.4 Å². The molecule has 2 N–H and O–H groups in total. The Hall–Kier alpha value is -1.60. The average molecular weight is 316 g/mol. The second-order valence-electron chi connectivity index (χ2n) is 7.03. The van der Waals surface area contributed by atoms with Crippen molar-refractivity contribution in [3.8, 4) is 6.07 Å². The Kier molecular flexibility index (Phi) is 6.01. The van der Waals surface area contributed by atoms with Gasteiger partial charge in [-0.15, -0.1) is 0 Å². The van der Waals surface area contributed by atoms with Crippen LogP contribution < -0.4 is 10.3 Å². The van der Waals surface area contributed by atoms with E-state index in [1.54, 1.807) is 0 Å². The van der Waals surface area contributed by atoms with Gasteiger partial charge in [0.25, 0.3) is 5.82 Å². The number of fused-ring (bicyclic) bond motifs is 1. The molecule has 4 nitrogen and oxygen atoms in total. The summed E-state index contributed by atoms with van der Waals surface area (Å²) in [5, 5.41) is 13.2. The number of nitriles is 1. The number of aryl methyl sites for hydroxylation is 1. The van der Waals surface area contributed by atoms with Gasteiger partial charge < -0.3 is 4.74 Å². The number of nitrogens with zero attached hydrogens (tertiary/aromatic N) is 1. The van der Waals surface area contributed by atoms with Crippen molar-refractivity contribution in [2.75, 3.05) is 11.9 Å². The maximum atomic E-state index is 9.72. The van der Waals surface area contributed by atoms with Gasteiger partial charge in [0.2, 0.25) is 0 Å². The van der Waals surface area contributed by atoms with Gasteiger partial charge in [0.05, 0.1) is 18.8 Å². The summed E-state index contributed by atoms with van der Waals surface area (Å²) in [6, 6.07) is 2.42. The third-order valence-electron chi connectivity index (χ3n) is 4.49. The molecule has 0 aliphatic carbocycles. The number of pyridine rings is 1. The fourth-order valence-electron chi connectivity index (χ4n) is 3.10. The van der Waals surface area contributed by atoms with E-state index in [0.29, 0.717) is 6.61 Å². The lowest BCUT2D eigenvalue weighted by Gasteiger charge is -2.32. The van der Waals surface area contributed by atoms with Crippen LogP contribution in [0.2, 0.25) is 0 Å². The Labute approximate surface area is 140 Å². The highest BCUT2D eigenvalue weighted by atomic mass is 16.5. The molecular formula is C19H30N3O+. The van der Waals surface area contributed by atoms with Gasteiger partial charge in [-0.25, -0.2) is 4.98 Å². The second-order valence-corrected chi connectivity index (χ2v) is 7.03. The number of unbranched alkanes of at least 4 members (excludes halogenated alkanes) is 2. The first kappa shape index (κ1) is 17.7. The molecule has 0 fully saturated rings. The smallest absolute Gasteiger partial charge is 0.290 e. The molecule has 2 rings (SSSR count). The standard InChI is InChI=1S/C19H29N3O/c1-5-7-9-17-16-13-23-19(3,4)11-14(16)15(12-20)18(22-17)21-10-8-6-2/h5-11,13H2,1-4H3,(H,21,22)/p+1. The Morgan fingerprint density at radius 3 is 2.61 bits per heavy atom. The van der Waals surface area contributed by atoms with E-state index in [1.807, 2.05) is 0 Å². The lowest BCUT2D eigenvalue weighted by molar-refractivity contribution is -0.376. The van der Waals surface area contributed by atoms with Gasteiger partial charge >= 0.3 is 0 Å². The maximum absolute atomic E-state index is 9.72. The zero-order valence-electron chi connectivity index (χ0n) is 15.0. The lowest BCUT2D eigenvalue weighted by Crippen LogP contribution is -2.36. The number of H-pyrrole nitrogens is 1. The van der Waals surface area contributed by atoms with Gasteiger partial charge in [-0.2, -0.15) is 5.26 Å². The molecule has 0 aromatic carbocycles. The fraction of sp³-hybridized carbons (Fsp3) is 0.684. The number of aromatic nitrogens is 1. The van der Waals surface area contributed by atoms with Gasteiger partial charge in [-0.05, 0) is 32.3 Å². The summed E-state index contributed by atoms with van der Waals surface area (Å²) in [6.45, 7) is 10.1. The highest BCUT2D eigenvalue weighted by Gasteiger charge is 2.33. The van der Waals surface area contributed by atoms with E-state index in [1.165, 1.54) is 16.8 Å². The quantitative estimate of drug-likeness (QED) is 0.779. The molecule has 1 aliphatic heterocycles. The van der Waals surface area contributed by atoms with Gasteiger partial charge in [-0.3, -0.25) is 5.32 Å². The van der Waals surface area contributed by atoms with E-state index in [9.17, 15) is 5.26 Å². The van der Waals surface area contributed by atoms with E-state index in [-0.39, 0.29) is 5.60 Å². The summed E-state index contributed by atoms with van der Waals surface area (Å²) in [6.07, 6.45) is 6.36. The van der Waals surface area contributed by atoms with E-state index < -0.39 is 0 Å². The second kappa shape index (κ2) is 7.79. The third-order valence-corrected chi connectivity index (χ3v) is 4.49. The Bertz CT molecular complexity index is 587. The van der Waals surface area contributed by atoms with Crippen LogP contribution in [0.3, 0.4) is 0 Å². The van der Waals surface area contributed by atoms with E-state index in [2.05, 4.69) is 44.1 Å². The van der Waals surface area contributed by atoms with Crippen molar-refractivity contribution in [1.82, 2.24) is 0 Å². The highest BCUT2D eigenvalue weighted by molar-refractivity contribution is 5.56. The molecule has 1 aliphatic rings. The first-order valence-electron chi connectivity index (χ1n) is 8.90. The summed E-state index contributed by atoms with van der Waals surface area (Å²) >= 11 is 0. The van der Waals surface area contributed by atoms with Crippen LogP contribution in [-0.2, 0) is 24.2 Å². The largest absolute Gasteiger partial charge is 0.370 e. The molecule has 2 heterocycles. The topological polar surface area (TPSA) is 59.2 Å². The minimum Gasteiger partial charge on any atom is -0.370 e. The molecule has 0 radical (unpaired) electrons. The maximum Gasteiger partial charge on any atom is 0.290 e. The monoisotopic (exact) mass is 316 g/mol. The number of rotatable bonds is 7. The van der Waals surface area contributed by atoms with Gasteiger partial charge in [0.1, 0.15) is 17.3 Å². The molecular weight excluding hydrogens is 286 g/mol. The van der Waals surface area contributed by atoms with Crippen molar-refractivity contribution < 1.29 is 9.72 Å². The molecule has 1 aromatic heterocycles. The van der Waals surface area contributed by atoms with Crippen molar-refractivity contribution in [3.63, 3.8) is 0 Å². The Balaban J connectivity index is 2.44. The average Bonchev–Trinajstić information content (AvgIpc) is 2.51. The van der Waals surface area contributed by atoms with Crippen LogP contribution in [-0.4, -0.2) is 12.1 Å². The SMILES string of the molecule is CCCCNc1[nH+]c(CCCC)c2c(c1C#N)CC(C)(C)OC2. The van der Waals surface area contributed by atoms with Crippen LogP contribution in [0.25, 0.3) is 0 Å². The van der Waals surface area contributed by atoms with Gasteiger partial charge in [0.15, 0.2) is 0 Å². The first-order valence-corrected chi connectivity index (χ1v) is 8.90. The predicted molar refractivity (Wildman–Crippen MR) is 92.3 cm³/mol. The summed E-state index contributed by atoms with van der Waals surface area (Å²) < 4.78 is 6.00. The zero-order chi connectivity index (χ0) is 16.9. The zero-order valence-corrected chi connectivity index (χ0v) is 15.0. The summed E-state index contributed by atoms with van der Waals surface area (Å²) in [5.74, 6) is 0.892. The van der Waals surface area contributed by atoms with Crippen LogP contribution in [0.4, 0.5) is 5.82 Å². The number of ether oxygens (including phenoxy) is 1.